The van der Waals surface area contributed by atoms with Crippen molar-refractivity contribution in [2.24, 2.45) is 41.2 Å². The smallest absolute Gasteiger partial charge is 0.145 e. The summed E-state index contributed by atoms with van der Waals surface area (Å²) < 4.78 is 0. The third-order valence-corrected chi connectivity index (χ3v) is 8.38. The third-order valence-electron chi connectivity index (χ3n) is 8.38. The van der Waals surface area contributed by atoms with Gasteiger partial charge in [-0.2, -0.15) is 0 Å². The molecule has 5 unspecified atom stereocenters. The topological polar surface area (TPSA) is 110 Å². The molecule has 5 aliphatic carbocycles. The Kier molecular flexibility index (Phi) is 6.09. The Hall–Kier alpha value is -0.280. The van der Waals surface area contributed by atoms with Crippen LogP contribution in [0.15, 0.2) is 0 Å². The molecule has 5 N–H and O–H groups in total. The van der Waals surface area contributed by atoms with Crippen molar-refractivity contribution in [3.8, 4) is 0 Å². The van der Waals surface area contributed by atoms with E-state index in [2.05, 4.69) is 0 Å². The summed E-state index contributed by atoms with van der Waals surface area (Å²) in [5.41, 5.74) is 5.64. The lowest BCUT2D eigenvalue weighted by atomic mass is 9.71. The van der Waals surface area contributed by atoms with Crippen LogP contribution in [0.1, 0.15) is 83.5 Å². The lowest BCUT2D eigenvalue weighted by Gasteiger charge is -2.47. The molecule has 156 valence electrons. The van der Waals surface area contributed by atoms with Crippen molar-refractivity contribution >= 4 is 0 Å². The Bertz CT molecular complexity index is 499. The maximum Gasteiger partial charge on any atom is 0.145 e. The van der Waals surface area contributed by atoms with Gasteiger partial charge in [-0.15, -0.1) is 0 Å². The van der Waals surface area contributed by atoms with Gasteiger partial charge < -0.3 is 22.6 Å². The molecule has 7 heteroatoms. The molecule has 0 spiro atoms. The molecule has 0 amide bonds. The van der Waals surface area contributed by atoms with Crippen LogP contribution in [0.5, 0.6) is 0 Å². The number of nitrogens with two attached hydrogens (primary N) is 1. The molecule has 7 nitrogen and oxygen atoms in total. The van der Waals surface area contributed by atoms with E-state index in [1.165, 1.54) is 70.6 Å². The quantitative estimate of drug-likeness (QED) is 0.515. The maximum atomic E-state index is 9.71. The Morgan fingerprint density at radius 3 is 2.11 bits per heavy atom. The minimum absolute atomic E-state index is 0.0408. The Balaban J connectivity index is 1.44. The van der Waals surface area contributed by atoms with Gasteiger partial charge in [-0.3, -0.25) is 5.21 Å². The molecule has 0 aromatic rings. The van der Waals surface area contributed by atoms with Gasteiger partial charge in [0.2, 0.25) is 0 Å². The molecule has 27 heavy (non-hydrogen) atoms. The van der Waals surface area contributed by atoms with E-state index < -0.39 is 5.72 Å². The first-order valence-electron chi connectivity index (χ1n) is 11.2. The number of rotatable bonds is 3. The van der Waals surface area contributed by atoms with E-state index >= 15 is 0 Å². The molecule has 5 rings (SSSR count). The highest BCUT2D eigenvalue weighted by atomic mass is 16.9. The van der Waals surface area contributed by atoms with Crippen molar-refractivity contribution in [2.45, 2.75) is 89.2 Å². The second-order valence-corrected chi connectivity index (χ2v) is 9.85. The van der Waals surface area contributed by atoms with E-state index in [0.29, 0.717) is 11.8 Å². The predicted octanol–water partition coefficient (Wildman–Crippen LogP) is 5.24. The SMILES string of the molecule is [NH-]N([NH-])N(O)OC1(N)CC2CC1C1CCCC3CCC(CCCCC21)CC3. The van der Waals surface area contributed by atoms with Crippen molar-refractivity contribution in [1.82, 2.24) is 10.6 Å². The van der Waals surface area contributed by atoms with E-state index in [4.69, 9.17) is 22.3 Å². The van der Waals surface area contributed by atoms with E-state index in [1.54, 1.807) is 0 Å². The fourth-order valence-electron chi connectivity index (χ4n) is 7.11. The van der Waals surface area contributed by atoms with E-state index in [1.807, 2.05) is 0 Å². The first kappa shape index (κ1) is 20.0. The first-order valence-corrected chi connectivity index (χ1v) is 11.2. The lowest BCUT2D eigenvalue weighted by Crippen LogP contribution is -2.56. The average molecular weight is 380 g/mol. The van der Waals surface area contributed by atoms with Crippen LogP contribution < -0.4 is 5.73 Å². The van der Waals surface area contributed by atoms with Crippen LogP contribution in [0, 0.1) is 35.5 Å². The summed E-state index contributed by atoms with van der Waals surface area (Å²) in [5, 5.41) is 9.93. The molecule has 5 atom stereocenters. The van der Waals surface area contributed by atoms with E-state index in [-0.39, 0.29) is 16.5 Å². The molecule has 0 aromatic heterocycles. The summed E-state index contributed by atoms with van der Waals surface area (Å²) >= 11 is 0. The Labute approximate surface area is 163 Å². The number of hydrogen-bond acceptors (Lipinski definition) is 5. The molecule has 0 aliphatic heterocycles. The Morgan fingerprint density at radius 2 is 1.44 bits per heavy atom. The van der Waals surface area contributed by atoms with Gasteiger partial charge >= 0.3 is 0 Å². The van der Waals surface area contributed by atoms with Gasteiger partial charge in [0.1, 0.15) is 5.72 Å². The largest absolute Gasteiger partial charge is 0.611 e. The highest BCUT2D eigenvalue weighted by Crippen LogP contribution is 2.59. The van der Waals surface area contributed by atoms with Crippen LogP contribution in [-0.2, 0) is 4.84 Å². The van der Waals surface area contributed by atoms with Crippen molar-refractivity contribution in [2.75, 3.05) is 0 Å². The summed E-state index contributed by atoms with van der Waals surface area (Å²) in [7, 11) is 0. The van der Waals surface area contributed by atoms with E-state index in [0.717, 1.165) is 30.6 Å². The lowest BCUT2D eigenvalue weighted by molar-refractivity contribution is -0.461. The van der Waals surface area contributed by atoms with Gasteiger partial charge in [0.15, 0.2) is 0 Å². The van der Waals surface area contributed by atoms with Gasteiger partial charge in [-0.05, 0) is 60.6 Å². The minimum atomic E-state index is -0.937. The highest BCUT2D eigenvalue weighted by molar-refractivity contribution is 5.06. The molecule has 0 aromatic carbocycles. The van der Waals surface area contributed by atoms with Crippen LogP contribution in [0.3, 0.4) is 0 Å². The van der Waals surface area contributed by atoms with Crippen LogP contribution in [-0.4, -0.2) is 21.5 Å². The van der Waals surface area contributed by atoms with Crippen LogP contribution in [0.25, 0.3) is 11.7 Å². The summed E-state index contributed by atoms with van der Waals surface area (Å²) in [6, 6.07) is 0. The molecule has 5 aliphatic rings. The van der Waals surface area contributed by atoms with Gasteiger partial charge in [-0.1, -0.05) is 57.8 Å². The molecular weight excluding hydrogens is 342 g/mol. The van der Waals surface area contributed by atoms with Gasteiger partial charge in [0.25, 0.3) is 0 Å². The first-order chi connectivity index (χ1) is 13.0. The zero-order valence-electron chi connectivity index (χ0n) is 16.5. The fourth-order valence-corrected chi connectivity index (χ4v) is 7.11. The second kappa shape index (κ2) is 8.22. The summed E-state index contributed by atoms with van der Waals surface area (Å²) in [6.07, 6.45) is 16.8. The van der Waals surface area contributed by atoms with Gasteiger partial charge in [-0.25, -0.2) is 4.84 Å². The maximum absolute atomic E-state index is 9.71. The van der Waals surface area contributed by atoms with Crippen molar-refractivity contribution < 1.29 is 10.0 Å². The van der Waals surface area contributed by atoms with Crippen molar-refractivity contribution in [3.05, 3.63) is 11.7 Å². The molecule has 4 bridgehead atoms. The molecular formula is C20H37N5O2-2. The fraction of sp³-hybridized carbons (Fsp3) is 1.00. The zero-order chi connectivity index (χ0) is 19.0. The van der Waals surface area contributed by atoms with Crippen LogP contribution in [0.4, 0.5) is 0 Å². The highest BCUT2D eigenvalue weighted by Gasteiger charge is 2.59. The predicted molar refractivity (Wildman–Crippen MR) is 103 cm³/mol. The third kappa shape index (κ3) is 4.20. The molecule has 5 fully saturated rings. The number of hydrazine groups is 1. The summed E-state index contributed by atoms with van der Waals surface area (Å²) in [5.74, 6) is 18.3. The molecule has 0 heterocycles. The summed E-state index contributed by atoms with van der Waals surface area (Å²) in [6.45, 7) is 0. The minimum Gasteiger partial charge on any atom is -0.611 e. The van der Waals surface area contributed by atoms with Crippen molar-refractivity contribution in [3.63, 3.8) is 0 Å². The molecule has 5 saturated carbocycles. The second-order valence-electron chi connectivity index (χ2n) is 9.85. The number of nitrogens with one attached hydrogen (secondary N) is 2. The van der Waals surface area contributed by atoms with Crippen molar-refractivity contribution in [1.29, 1.82) is 0 Å². The number of fused-ring (bicyclic) bond motifs is 9. The normalized spacial score (nSPS) is 45.6. The molecule has 0 saturated heterocycles. The number of hydrogen-bond donors (Lipinski definition) is 2. The van der Waals surface area contributed by atoms with Crippen LogP contribution in [0.2, 0.25) is 0 Å². The molecule has 0 radical (unpaired) electrons. The van der Waals surface area contributed by atoms with Gasteiger partial charge in [0.05, 0.1) is 0 Å². The monoisotopic (exact) mass is 379 g/mol. The number of nitrogens with zero attached hydrogens (tertiary/aromatic N) is 2. The Morgan fingerprint density at radius 1 is 0.852 bits per heavy atom. The van der Waals surface area contributed by atoms with E-state index in [9.17, 15) is 5.21 Å². The summed E-state index contributed by atoms with van der Waals surface area (Å²) in [4.78, 5) is 5.50. The van der Waals surface area contributed by atoms with Crippen LogP contribution >= 0.6 is 0 Å². The van der Waals surface area contributed by atoms with Gasteiger partial charge in [0, 0.05) is 5.92 Å². The zero-order valence-corrected chi connectivity index (χ0v) is 16.5. The standard InChI is InChI=1S/C20H37N5O2/c21-20(27-25(26)24(22)23)13-16-12-19(20)18-7-3-5-15-10-8-14(9-11-15)4-1-2-6-17(16)18/h14-19,22-23,26H,1-13,21H2/q-2. The average Bonchev–Trinajstić information content (AvgIpc) is 3.14.